The smallest absolute Gasteiger partial charge is 0.0989 e. The predicted octanol–water partition coefficient (Wildman–Crippen LogP) is 1.71. The summed E-state index contributed by atoms with van der Waals surface area (Å²) >= 11 is 0. The van der Waals surface area contributed by atoms with Crippen molar-refractivity contribution in [2.45, 2.75) is 63.4 Å². The normalized spacial score (nSPS) is 40.5. The molecule has 0 amide bonds. The number of hydrogen-bond donors (Lipinski definition) is 1. The number of methoxy groups -OCH3 is 1. The highest BCUT2D eigenvalue weighted by atomic mass is 16.6. The van der Waals surface area contributed by atoms with Crippen LogP contribution in [0.25, 0.3) is 0 Å². The van der Waals surface area contributed by atoms with Gasteiger partial charge in [0, 0.05) is 13.2 Å². The first kappa shape index (κ1) is 14.3. The van der Waals surface area contributed by atoms with E-state index in [4.69, 9.17) is 19.9 Å². The van der Waals surface area contributed by atoms with Crippen molar-refractivity contribution in [3.63, 3.8) is 0 Å². The lowest BCUT2D eigenvalue weighted by atomic mass is 9.84. The maximum Gasteiger partial charge on any atom is 0.0989 e. The van der Waals surface area contributed by atoms with E-state index in [1.54, 1.807) is 7.11 Å². The summed E-state index contributed by atoms with van der Waals surface area (Å²) in [5.74, 6) is 0.797. The Labute approximate surface area is 110 Å². The molecule has 0 aromatic carbocycles. The van der Waals surface area contributed by atoms with Crippen LogP contribution >= 0.6 is 0 Å². The Morgan fingerprint density at radius 1 is 1.17 bits per heavy atom. The van der Waals surface area contributed by atoms with Crippen molar-refractivity contribution in [3.8, 4) is 0 Å². The fourth-order valence-corrected chi connectivity index (χ4v) is 3.00. The highest BCUT2D eigenvalue weighted by Crippen LogP contribution is 2.32. The molecule has 0 aromatic heterocycles. The molecule has 18 heavy (non-hydrogen) atoms. The minimum absolute atomic E-state index is 0.0670. The summed E-state index contributed by atoms with van der Waals surface area (Å²) in [7, 11) is 1.68. The third-order valence-corrected chi connectivity index (χ3v) is 4.15. The summed E-state index contributed by atoms with van der Waals surface area (Å²) in [4.78, 5) is 0. The Balaban J connectivity index is 1.71. The van der Waals surface area contributed by atoms with Crippen LogP contribution in [0.2, 0.25) is 0 Å². The van der Waals surface area contributed by atoms with E-state index in [2.05, 4.69) is 6.92 Å². The molecule has 5 atom stereocenters. The molecule has 0 heterocycles. The molecule has 5 unspecified atom stereocenters. The molecule has 4 nitrogen and oxygen atoms in total. The second-order valence-corrected chi connectivity index (χ2v) is 5.80. The lowest BCUT2D eigenvalue weighted by molar-refractivity contribution is -0.171. The molecular weight excluding hydrogens is 230 g/mol. The number of ether oxygens (including phenoxy) is 3. The molecule has 2 rings (SSSR count). The van der Waals surface area contributed by atoms with Crippen molar-refractivity contribution in [2.24, 2.45) is 11.7 Å². The van der Waals surface area contributed by atoms with E-state index < -0.39 is 0 Å². The minimum Gasteiger partial charge on any atom is -0.382 e. The van der Waals surface area contributed by atoms with E-state index in [0.717, 1.165) is 12.3 Å². The summed E-state index contributed by atoms with van der Waals surface area (Å²) < 4.78 is 16.9. The summed E-state index contributed by atoms with van der Waals surface area (Å²) in [6.45, 7) is 3.54. The molecule has 0 spiro atoms. The number of rotatable bonds is 6. The van der Waals surface area contributed by atoms with Gasteiger partial charge in [0.1, 0.15) is 0 Å². The Morgan fingerprint density at radius 2 is 2.00 bits per heavy atom. The maximum atomic E-state index is 6.17. The standard InChI is InChI=1S/C14H27NO3/c1-10-4-3-5-11(8-10)18-13-9-12(15)14(13)17-7-6-16-2/h10-14H,3-9,15H2,1-2H3. The Hall–Kier alpha value is -0.160. The second-order valence-electron chi connectivity index (χ2n) is 5.80. The van der Waals surface area contributed by atoms with E-state index in [1.165, 1.54) is 25.7 Å². The number of nitrogens with two attached hydrogens (primary N) is 1. The van der Waals surface area contributed by atoms with Gasteiger partial charge in [0.05, 0.1) is 31.5 Å². The summed E-state index contributed by atoms with van der Waals surface area (Å²) in [6, 6.07) is 0.132. The second kappa shape index (κ2) is 6.85. The van der Waals surface area contributed by atoms with Crippen LogP contribution in [0.1, 0.15) is 39.0 Å². The molecule has 2 aliphatic rings. The lowest BCUT2D eigenvalue weighted by Gasteiger charge is -2.44. The zero-order chi connectivity index (χ0) is 13.0. The average molecular weight is 257 g/mol. The fourth-order valence-electron chi connectivity index (χ4n) is 3.00. The van der Waals surface area contributed by atoms with Gasteiger partial charge in [-0.3, -0.25) is 0 Å². The topological polar surface area (TPSA) is 53.7 Å². The van der Waals surface area contributed by atoms with Gasteiger partial charge in [0.2, 0.25) is 0 Å². The zero-order valence-electron chi connectivity index (χ0n) is 11.6. The first-order valence-electron chi connectivity index (χ1n) is 7.22. The molecule has 4 heteroatoms. The molecule has 2 N–H and O–H groups in total. The molecular formula is C14H27NO3. The van der Waals surface area contributed by atoms with E-state index in [9.17, 15) is 0 Å². The van der Waals surface area contributed by atoms with Crippen LogP contribution < -0.4 is 5.73 Å². The van der Waals surface area contributed by atoms with Crippen molar-refractivity contribution in [1.29, 1.82) is 0 Å². The van der Waals surface area contributed by atoms with Gasteiger partial charge in [-0.15, -0.1) is 0 Å². The SMILES string of the molecule is COCCOC1C(N)CC1OC1CCCC(C)C1. The molecule has 0 aliphatic heterocycles. The lowest BCUT2D eigenvalue weighted by Crippen LogP contribution is -2.59. The van der Waals surface area contributed by atoms with E-state index in [0.29, 0.717) is 19.3 Å². The van der Waals surface area contributed by atoms with E-state index >= 15 is 0 Å². The van der Waals surface area contributed by atoms with Gasteiger partial charge in [0.25, 0.3) is 0 Å². The van der Waals surface area contributed by atoms with Gasteiger partial charge >= 0.3 is 0 Å². The van der Waals surface area contributed by atoms with E-state index in [-0.39, 0.29) is 18.2 Å². The maximum absolute atomic E-state index is 6.17. The van der Waals surface area contributed by atoms with Gasteiger partial charge in [-0.1, -0.05) is 19.8 Å². The van der Waals surface area contributed by atoms with Crippen LogP contribution in [0.15, 0.2) is 0 Å². The third-order valence-electron chi connectivity index (χ3n) is 4.15. The largest absolute Gasteiger partial charge is 0.382 e. The first-order chi connectivity index (χ1) is 8.70. The summed E-state index contributed by atoms with van der Waals surface area (Å²) in [5, 5.41) is 0. The van der Waals surface area contributed by atoms with Crippen molar-refractivity contribution in [1.82, 2.24) is 0 Å². The van der Waals surface area contributed by atoms with Gasteiger partial charge in [-0.25, -0.2) is 0 Å². The first-order valence-corrected chi connectivity index (χ1v) is 7.22. The monoisotopic (exact) mass is 257 g/mol. The van der Waals surface area contributed by atoms with Crippen molar-refractivity contribution < 1.29 is 14.2 Å². The van der Waals surface area contributed by atoms with Crippen molar-refractivity contribution in [3.05, 3.63) is 0 Å². The fraction of sp³-hybridized carbons (Fsp3) is 1.00. The van der Waals surface area contributed by atoms with Gasteiger partial charge < -0.3 is 19.9 Å². The molecule has 0 bridgehead atoms. The zero-order valence-corrected chi connectivity index (χ0v) is 11.6. The van der Waals surface area contributed by atoms with Crippen LogP contribution in [0, 0.1) is 5.92 Å². The molecule has 2 saturated carbocycles. The Kier molecular flexibility index (Phi) is 5.42. The third kappa shape index (κ3) is 3.67. The highest BCUT2D eigenvalue weighted by molar-refractivity contribution is 4.96. The highest BCUT2D eigenvalue weighted by Gasteiger charge is 2.42. The van der Waals surface area contributed by atoms with Gasteiger partial charge in [-0.2, -0.15) is 0 Å². The molecule has 2 fully saturated rings. The Bertz CT molecular complexity index is 249. The van der Waals surface area contributed by atoms with Crippen LogP contribution in [-0.4, -0.2) is 44.7 Å². The minimum atomic E-state index is 0.0670. The Morgan fingerprint density at radius 3 is 2.67 bits per heavy atom. The van der Waals surface area contributed by atoms with Crippen molar-refractivity contribution >= 4 is 0 Å². The van der Waals surface area contributed by atoms with E-state index in [1.807, 2.05) is 0 Å². The van der Waals surface area contributed by atoms with Gasteiger partial charge in [0.15, 0.2) is 0 Å². The molecule has 0 radical (unpaired) electrons. The van der Waals surface area contributed by atoms with Crippen molar-refractivity contribution in [2.75, 3.05) is 20.3 Å². The molecule has 106 valence electrons. The summed E-state index contributed by atoms with van der Waals surface area (Å²) in [5.41, 5.74) is 5.98. The predicted molar refractivity (Wildman–Crippen MR) is 70.5 cm³/mol. The number of hydrogen-bond acceptors (Lipinski definition) is 4. The molecule has 2 aliphatic carbocycles. The van der Waals surface area contributed by atoms with Gasteiger partial charge in [-0.05, 0) is 25.2 Å². The van der Waals surface area contributed by atoms with Crippen LogP contribution in [0.3, 0.4) is 0 Å². The molecule has 0 saturated heterocycles. The quantitative estimate of drug-likeness (QED) is 0.736. The van der Waals surface area contributed by atoms with Crippen LogP contribution in [0.5, 0.6) is 0 Å². The van der Waals surface area contributed by atoms with Crippen LogP contribution in [0.4, 0.5) is 0 Å². The summed E-state index contributed by atoms with van der Waals surface area (Å²) in [6.07, 6.45) is 6.64. The average Bonchev–Trinajstić information content (AvgIpc) is 2.34. The van der Waals surface area contributed by atoms with Crippen LogP contribution in [-0.2, 0) is 14.2 Å². The molecule has 0 aromatic rings.